The van der Waals surface area contributed by atoms with Crippen LogP contribution < -0.4 is 5.32 Å². The minimum absolute atomic E-state index is 0.247. The van der Waals surface area contributed by atoms with Crippen LogP contribution in [0.4, 0.5) is 0 Å². The predicted octanol–water partition coefficient (Wildman–Crippen LogP) is 2.19. The molecule has 0 spiro atoms. The van der Waals surface area contributed by atoms with Gasteiger partial charge >= 0.3 is 5.97 Å². The van der Waals surface area contributed by atoms with Gasteiger partial charge in [0.1, 0.15) is 0 Å². The molecule has 0 saturated heterocycles. The van der Waals surface area contributed by atoms with E-state index in [0.717, 1.165) is 6.42 Å². The molecule has 0 aromatic rings. The number of rotatable bonds is 4. The molecule has 0 amide bonds. The van der Waals surface area contributed by atoms with Crippen molar-refractivity contribution in [2.45, 2.75) is 45.6 Å². The number of carboxylic acid groups (broad SMARTS) is 1. The van der Waals surface area contributed by atoms with Gasteiger partial charge in [-0.25, -0.2) is 4.79 Å². The van der Waals surface area contributed by atoms with Crippen LogP contribution in [0.1, 0.15) is 39.5 Å². The van der Waals surface area contributed by atoms with Crippen LogP contribution >= 0.6 is 0 Å². The molecule has 1 rings (SSSR count). The first-order valence-corrected chi connectivity index (χ1v) is 5.58. The van der Waals surface area contributed by atoms with Gasteiger partial charge in [0, 0.05) is 18.2 Å². The van der Waals surface area contributed by atoms with Crippen molar-refractivity contribution < 1.29 is 9.90 Å². The van der Waals surface area contributed by atoms with Crippen LogP contribution in [-0.4, -0.2) is 23.7 Å². The van der Waals surface area contributed by atoms with Crippen LogP contribution in [-0.2, 0) is 4.79 Å². The van der Waals surface area contributed by atoms with E-state index in [1.165, 1.54) is 19.3 Å². The number of nitrogens with one attached hydrogen (secondary N) is 1. The topological polar surface area (TPSA) is 49.3 Å². The van der Waals surface area contributed by atoms with E-state index >= 15 is 0 Å². The molecule has 1 saturated carbocycles. The van der Waals surface area contributed by atoms with Crippen molar-refractivity contribution >= 4 is 5.97 Å². The molecule has 2 N–H and O–H groups in total. The number of aliphatic carboxylic acids is 1. The predicted molar refractivity (Wildman–Crippen MR) is 60.8 cm³/mol. The van der Waals surface area contributed by atoms with Crippen molar-refractivity contribution in [2.75, 3.05) is 6.54 Å². The van der Waals surface area contributed by atoms with Gasteiger partial charge in [-0.15, -0.1) is 0 Å². The lowest BCUT2D eigenvalue weighted by atomic mass is 9.73. The molecule has 15 heavy (non-hydrogen) atoms. The van der Waals surface area contributed by atoms with Crippen LogP contribution in [0.15, 0.2) is 12.2 Å². The summed E-state index contributed by atoms with van der Waals surface area (Å²) in [6.07, 6.45) is 4.87. The third-order valence-electron chi connectivity index (χ3n) is 3.37. The van der Waals surface area contributed by atoms with Gasteiger partial charge in [0.15, 0.2) is 0 Å². The minimum atomic E-state index is -0.906. The standard InChI is InChI=1S/C12H21NO2/c1-9(11(14)15)8-13-10-6-4-5-7-12(10,2)3/h10,13H,1,4-8H2,2-3H3,(H,14,15). The molecule has 1 unspecified atom stereocenters. The Morgan fingerprint density at radius 2 is 2.20 bits per heavy atom. The van der Waals surface area contributed by atoms with Crippen LogP contribution in [0, 0.1) is 5.41 Å². The number of hydrogen-bond acceptors (Lipinski definition) is 2. The van der Waals surface area contributed by atoms with Crippen LogP contribution in [0.3, 0.4) is 0 Å². The first-order chi connectivity index (χ1) is 6.93. The lowest BCUT2D eigenvalue weighted by Gasteiger charge is -2.39. The van der Waals surface area contributed by atoms with E-state index in [4.69, 9.17) is 5.11 Å². The highest BCUT2D eigenvalue weighted by Gasteiger charge is 2.31. The van der Waals surface area contributed by atoms with Crippen LogP contribution in [0.25, 0.3) is 0 Å². The highest BCUT2D eigenvalue weighted by Crippen LogP contribution is 2.35. The lowest BCUT2D eigenvalue weighted by Crippen LogP contribution is -2.45. The summed E-state index contributed by atoms with van der Waals surface area (Å²) < 4.78 is 0. The fourth-order valence-electron chi connectivity index (χ4n) is 2.19. The van der Waals surface area contributed by atoms with Gasteiger partial charge in [0.2, 0.25) is 0 Å². The zero-order chi connectivity index (χ0) is 11.5. The summed E-state index contributed by atoms with van der Waals surface area (Å²) in [6.45, 7) is 8.40. The van der Waals surface area contributed by atoms with Gasteiger partial charge in [0.05, 0.1) is 0 Å². The molecule has 0 radical (unpaired) electrons. The Labute approximate surface area is 91.6 Å². The second-order valence-corrected chi connectivity index (χ2v) is 5.08. The summed E-state index contributed by atoms with van der Waals surface area (Å²) in [5.74, 6) is -0.906. The quantitative estimate of drug-likeness (QED) is 0.701. The highest BCUT2D eigenvalue weighted by atomic mass is 16.4. The molecule has 0 aliphatic heterocycles. The molecule has 1 aliphatic rings. The molecule has 86 valence electrons. The number of hydrogen-bond donors (Lipinski definition) is 2. The second kappa shape index (κ2) is 4.79. The first kappa shape index (κ1) is 12.2. The molecule has 1 aliphatic carbocycles. The summed E-state index contributed by atoms with van der Waals surface area (Å²) in [7, 11) is 0. The third kappa shape index (κ3) is 3.34. The summed E-state index contributed by atoms with van der Waals surface area (Å²) >= 11 is 0. The molecule has 0 aromatic heterocycles. The van der Waals surface area contributed by atoms with Crippen LogP contribution in [0.2, 0.25) is 0 Å². The van der Waals surface area contributed by atoms with Gasteiger partial charge in [-0.1, -0.05) is 33.3 Å². The Balaban J connectivity index is 2.43. The van der Waals surface area contributed by atoms with Crippen molar-refractivity contribution in [3.05, 3.63) is 12.2 Å². The normalized spacial score (nSPS) is 24.8. The van der Waals surface area contributed by atoms with Crippen molar-refractivity contribution in [1.29, 1.82) is 0 Å². The van der Waals surface area contributed by atoms with Gasteiger partial charge in [0.25, 0.3) is 0 Å². The molecule has 1 atom stereocenters. The van der Waals surface area contributed by atoms with E-state index in [0.29, 0.717) is 12.6 Å². The van der Waals surface area contributed by atoms with Gasteiger partial charge in [-0.05, 0) is 18.3 Å². The lowest BCUT2D eigenvalue weighted by molar-refractivity contribution is -0.132. The summed E-state index contributed by atoms with van der Waals surface area (Å²) in [5.41, 5.74) is 0.521. The Morgan fingerprint density at radius 1 is 1.53 bits per heavy atom. The maximum atomic E-state index is 10.6. The van der Waals surface area contributed by atoms with E-state index in [9.17, 15) is 4.79 Å². The summed E-state index contributed by atoms with van der Waals surface area (Å²) in [5, 5.41) is 12.0. The van der Waals surface area contributed by atoms with Crippen molar-refractivity contribution in [3.63, 3.8) is 0 Å². The number of carbonyl (C=O) groups is 1. The maximum Gasteiger partial charge on any atom is 0.332 e. The molecule has 3 nitrogen and oxygen atoms in total. The minimum Gasteiger partial charge on any atom is -0.478 e. The van der Waals surface area contributed by atoms with E-state index in [1.54, 1.807) is 0 Å². The zero-order valence-electron chi connectivity index (χ0n) is 9.68. The van der Waals surface area contributed by atoms with E-state index in [2.05, 4.69) is 25.7 Å². The first-order valence-electron chi connectivity index (χ1n) is 5.58. The zero-order valence-corrected chi connectivity index (χ0v) is 9.68. The second-order valence-electron chi connectivity index (χ2n) is 5.08. The van der Waals surface area contributed by atoms with Gasteiger partial charge in [-0.2, -0.15) is 0 Å². The Hall–Kier alpha value is -0.830. The molecular formula is C12H21NO2. The van der Waals surface area contributed by atoms with Gasteiger partial charge in [-0.3, -0.25) is 0 Å². The maximum absolute atomic E-state index is 10.6. The SMILES string of the molecule is C=C(CNC1CCCCC1(C)C)C(=O)O. The van der Waals surface area contributed by atoms with Crippen molar-refractivity contribution in [1.82, 2.24) is 5.32 Å². The average molecular weight is 211 g/mol. The fourth-order valence-corrected chi connectivity index (χ4v) is 2.19. The van der Waals surface area contributed by atoms with E-state index in [1.807, 2.05) is 0 Å². The Bertz CT molecular complexity index is 258. The summed E-state index contributed by atoms with van der Waals surface area (Å²) in [4.78, 5) is 10.6. The monoisotopic (exact) mass is 211 g/mol. The Morgan fingerprint density at radius 3 is 2.73 bits per heavy atom. The summed E-state index contributed by atoms with van der Waals surface area (Å²) in [6, 6.07) is 0.419. The van der Waals surface area contributed by atoms with E-state index < -0.39 is 5.97 Å². The molecule has 0 aromatic carbocycles. The molecule has 0 bridgehead atoms. The molecule has 0 heterocycles. The van der Waals surface area contributed by atoms with Crippen LogP contribution in [0.5, 0.6) is 0 Å². The third-order valence-corrected chi connectivity index (χ3v) is 3.37. The van der Waals surface area contributed by atoms with Crippen molar-refractivity contribution in [3.8, 4) is 0 Å². The molecule has 3 heteroatoms. The average Bonchev–Trinajstić information content (AvgIpc) is 2.14. The van der Waals surface area contributed by atoms with E-state index in [-0.39, 0.29) is 11.0 Å². The Kier molecular flexibility index (Phi) is 3.91. The largest absolute Gasteiger partial charge is 0.478 e. The smallest absolute Gasteiger partial charge is 0.332 e. The van der Waals surface area contributed by atoms with Gasteiger partial charge < -0.3 is 10.4 Å². The highest BCUT2D eigenvalue weighted by molar-refractivity contribution is 5.86. The fraction of sp³-hybridized carbons (Fsp3) is 0.750. The molecule has 1 fully saturated rings. The van der Waals surface area contributed by atoms with Crippen molar-refractivity contribution in [2.24, 2.45) is 5.41 Å². The number of carboxylic acids is 1. The molecular weight excluding hydrogens is 190 g/mol.